The van der Waals surface area contributed by atoms with Crippen LogP contribution in [-0.2, 0) is 6.42 Å². The Morgan fingerprint density at radius 3 is 2.56 bits per heavy atom. The van der Waals surface area contributed by atoms with Crippen LogP contribution in [0.5, 0.6) is 0 Å². The Morgan fingerprint density at radius 2 is 1.94 bits per heavy atom. The number of hydrogen-bond donors (Lipinski definition) is 1. The summed E-state index contributed by atoms with van der Waals surface area (Å²) in [6.07, 6.45) is 0.722. The van der Waals surface area contributed by atoms with Gasteiger partial charge in [-0.2, -0.15) is 0 Å². The second-order valence-electron chi connectivity index (χ2n) is 5.22. The van der Waals surface area contributed by atoms with Gasteiger partial charge in [0.2, 0.25) is 0 Å². The lowest BCUT2D eigenvalue weighted by Gasteiger charge is -2.35. The van der Waals surface area contributed by atoms with Gasteiger partial charge in [0, 0.05) is 32.2 Å². The Balaban J connectivity index is 2.24. The highest BCUT2D eigenvalue weighted by atomic mass is 19.1. The third-order valence-corrected chi connectivity index (χ3v) is 3.43. The number of anilines is 1. The fourth-order valence-electron chi connectivity index (χ4n) is 2.46. The molecule has 1 aromatic rings. The minimum atomic E-state index is -0.127. The first-order chi connectivity index (χ1) is 8.58. The summed E-state index contributed by atoms with van der Waals surface area (Å²) in [6, 6.07) is 5.35. The molecule has 1 heterocycles. The second kappa shape index (κ2) is 5.67. The van der Waals surface area contributed by atoms with Gasteiger partial charge in [-0.15, -0.1) is 0 Å². The molecule has 0 spiro atoms. The van der Waals surface area contributed by atoms with Gasteiger partial charge in [-0.1, -0.05) is 12.1 Å². The summed E-state index contributed by atoms with van der Waals surface area (Å²) in [5, 5.41) is 0. The van der Waals surface area contributed by atoms with Crippen LogP contribution in [0.25, 0.3) is 0 Å². The molecule has 2 N–H and O–H groups in total. The van der Waals surface area contributed by atoms with Crippen molar-refractivity contribution in [3.63, 3.8) is 0 Å². The summed E-state index contributed by atoms with van der Waals surface area (Å²) in [7, 11) is 2.10. The Labute approximate surface area is 108 Å². The molecule has 1 aliphatic heterocycles. The number of nitrogens with two attached hydrogens (primary N) is 1. The number of rotatable bonds is 3. The van der Waals surface area contributed by atoms with Crippen molar-refractivity contribution in [2.75, 3.05) is 38.1 Å². The monoisotopic (exact) mass is 251 g/mol. The first-order valence-corrected chi connectivity index (χ1v) is 6.54. The second-order valence-corrected chi connectivity index (χ2v) is 5.22. The van der Waals surface area contributed by atoms with Crippen molar-refractivity contribution in [1.29, 1.82) is 0 Å². The number of benzene rings is 1. The van der Waals surface area contributed by atoms with Gasteiger partial charge >= 0.3 is 0 Å². The lowest BCUT2D eigenvalue weighted by Crippen LogP contribution is -2.45. The first kappa shape index (κ1) is 13.3. The molecule has 18 heavy (non-hydrogen) atoms. The van der Waals surface area contributed by atoms with Crippen LogP contribution < -0.4 is 10.6 Å². The average molecular weight is 251 g/mol. The Bertz CT molecular complexity index is 398. The third kappa shape index (κ3) is 3.00. The maximum Gasteiger partial charge on any atom is 0.146 e. The third-order valence-electron chi connectivity index (χ3n) is 3.43. The van der Waals surface area contributed by atoms with Crippen LogP contribution >= 0.6 is 0 Å². The molecule has 2 rings (SSSR count). The van der Waals surface area contributed by atoms with E-state index in [1.807, 2.05) is 13.0 Å². The van der Waals surface area contributed by atoms with E-state index in [0.717, 1.165) is 43.9 Å². The SMILES string of the molecule is CC(N)Cc1cccc(F)c1N1CCN(C)CC1. The van der Waals surface area contributed by atoms with Gasteiger partial charge in [-0.3, -0.25) is 0 Å². The van der Waals surface area contributed by atoms with Gasteiger partial charge in [-0.05, 0) is 32.0 Å². The molecule has 3 nitrogen and oxygen atoms in total. The molecule has 1 saturated heterocycles. The standard InChI is InChI=1S/C14H22FN3/c1-11(16)10-12-4-3-5-13(15)14(12)18-8-6-17(2)7-9-18/h3-5,11H,6-10,16H2,1-2H3. The molecule has 1 fully saturated rings. The van der Waals surface area contributed by atoms with E-state index in [4.69, 9.17) is 5.73 Å². The molecule has 4 heteroatoms. The van der Waals surface area contributed by atoms with Crippen LogP contribution in [0.15, 0.2) is 18.2 Å². The van der Waals surface area contributed by atoms with Gasteiger partial charge in [0.25, 0.3) is 0 Å². The summed E-state index contributed by atoms with van der Waals surface area (Å²) in [6.45, 7) is 5.67. The quantitative estimate of drug-likeness (QED) is 0.883. The molecular weight excluding hydrogens is 229 g/mol. The van der Waals surface area contributed by atoms with E-state index in [-0.39, 0.29) is 11.9 Å². The normalized spacial score (nSPS) is 19.0. The average Bonchev–Trinajstić information content (AvgIpc) is 2.30. The molecule has 1 aliphatic rings. The summed E-state index contributed by atoms with van der Waals surface area (Å²) in [5.74, 6) is -0.127. The number of hydrogen-bond acceptors (Lipinski definition) is 3. The summed E-state index contributed by atoms with van der Waals surface area (Å²) < 4.78 is 14.1. The lowest BCUT2D eigenvalue weighted by molar-refractivity contribution is 0.311. The number of piperazine rings is 1. The van der Waals surface area contributed by atoms with E-state index >= 15 is 0 Å². The van der Waals surface area contributed by atoms with Crippen LogP contribution in [0.1, 0.15) is 12.5 Å². The number of para-hydroxylation sites is 1. The van der Waals surface area contributed by atoms with E-state index in [2.05, 4.69) is 16.8 Å². The van der Waals surface area contributed by atoms with Crippen molar-refractivity contribution in [3.05, 3.63) is 29.6 Å². The molecule has 0 bridgehead atoms. The largest absolute Gasteiger partial charge is 0.366 e. The summed E-state index contributed by atoms with van der Waals surface area (Å²) >= 11 is 0. The van der Waals surface area contributed by atoms with Gasteiger partial charge in [0.15, 0.2) is 0 Å². The number of likely N-dealkylation sites (N-methyl/N-ethyl adjacent to an activating group) is 1. The van der Waals surface area contributed by atoms with Crippen molar-refractivity contribution < 1.29 is 4.39 Å². The zero-order valence-corrected chi connectivity index (χ0v) is 11.2. The fourth-order valence-corrected chi connectivity index (χ4v) is 2.46. The number of halogens is 1. The predicted molar refractivity (Wildman–Crippen MR) is 73.5 cm³/mol. The zero-order valence-electron chi connectivity index (χ0n) is 11.2. The summed E-state index contributed by atoms with van der Waals surface area (Å²) in [5.41, 5.74) is 7.62. The maximum atomic E-state index is 14.1. The van der Waals surface area contributed by atoms with Crippen LogP contribution in [0, 0.1) is 5.82 Å². The van der Waals surface area contributed by atoms with E-state index in [9.17, 15) is 4.39 Å². The van der Waals surface area contributed by atoms with Gasteiger partial charge in [0.1, 0.15) is 5.82 Å². The van der Waals surface area contributed by atoms with Gasteiger partial charge in [0.05, 0.1) is 5.69 Å². The highest BCUT2D eigenvalue weighted by Crippen LogP contribution is 2.26. The van der Waals surface area contributed by atoms with Crippen LogP contribution in [0.3, 0.4) is 0 Å². The molecule has 0 saturated carbocycles. The highest BCUT2D eigenvalue weighted by molar-refractivity contribution is 5.55. The summed E-state index contributed by atoms with van der Waals surface area (Å²) in [4.78, 5) is 4.41. The number of nitrogens with zero attached hydrogens (tertiary/aromatic N) is 2. The maximum absolute atomic E-state index is 14.1. The first-order valence-electron chi connectivity index (χ1n) is 6.54. The lowest BCUT2D eigenvalue weighted by atomic mass is 10.0. The molecule has 0 aliphatic carbocycles. The minimum absolute atomic E-state index is 0.0537. The van der Waals surface area contributed by atoms with E-state index in [1.54, 1.807) is 12.1 Å². The molecule has 1 aromatic carbocycles. The van der Waals surface area contributed by atoms with Crippen molar-refractivity contribution in [3.8, 4) is 0 Å². The van der Waals surface area contributed by atoms with Gasteiger partial charge < -0.3 is 15.5 Å². The fraction of sp³-hybridized carbons (Fsp3) is 0.571. The van der Waals surface area contributed by atoms with E-state index < -0.39 is 0 Å². The van der Waals surface area contributed by atoms with E-state index in [1.165, 1.54) is 0 Å². The van der Waals surface area contributed by atoms with Crippen LogP contribution in [0.2, 0.25) is 0 Å². The van der Waals surface area contributed by atoms with E-state index in [0.29, 0.717) is 0 Å². The molecular formula is C14H22FN3. The Kier molecular flexibility index (Phi) is 4.19. The van der Waals surface area contributed by atoms with Crippen molar-refractivity contribution in [1.82, 2.24) is 4.90 Å². The minimum Gasteiger partial charge on any atom is -0.366 e. The molecule has 1 atom stereocenters. The molecule has 0 amide bonds. The van der Waals surface area contributed by atoms with Gasteiger partial charge in [-0.25, -0.2) is 4.39 Å². The molecule has 0 aromatic heterocycles. The van der Waals surface area contributed by atoms with Crippen molar-refractivity contribution in [2.45, 2.75) is 19.4 Å². The highest BCUT2D eigenvalue weighted by Gasteiger charge is 2.20. The smallest absolute Gasteiger partial charge is 0.146 e. The Morgan fingerprint density at radius 1 is 1.28 bits per heavy atom. The van der Waals surface area contributed by atoms with Crippen molar-refractivity contribution in [2.24, 2.45) is 5.73 Å². The van der Waals surface area contributed by atoms with Crippen LogP contribution in [0.4, 0.5) is 10.1 Å². The molecule has 100 valence electrons. The van der Waals surface area contributed by atoms with Crippen molar-refractivity contribution >= 4 is 5.69 Å². The topological polar surface area (TPSA) is 32.5 Å². The Hall–Kier alpha value is -1.13. The zero-order chi connectivity index (χ0) is 13.1. The predicted octanol–water partition coefficient (Wildman–Crippen LogP) is 1.47. The van der Waals surface area contributed by atoms with Crippen LogP contribution in [-0.4, -0.2) is 44.2 Å². The molecule has 0 radical (unpaired) electrons. The molecule has 1 unspecified atom stereocenters.